The molecule has 5 nitrogen and oxygen atoms in total. The number of nitrogens with zero attached hydrogens (tertiary/aromatic N) is 2. The molecule has 92 valence electrons. The zero-order valence-electron chi connectivity index (χ0n) is 10.2. The van der Waals surface area contributed by atoms with E-state index < -0.39 is 0 Å². The van der Waals surface area contributed by atoms with Gasteiger partial charge in [0.05, 0.1) is 17.2 Å². The molecule has 0 saturated heterocycles. The van der Waals surface area contributed by atoms with E-state index in [9.17, 15) is 4.79 Å². The maximum Gasteiger partial charge on any atom is 0.250 e. The van der Waals surface area contributed by atoms with Crippen LogP contribution in [0.1, 0.15) is 25.0 Å². The molecule has 1 aromatic rings. The van der Waals surface area contributed by atoms with Crippen LogP contribution in [0.4, 0.5) is 5.69 Å². The molecule has 0 bridgehead atoms. The third-order valence-electron chi connectivity index (χ3n) is 2.09. The van der Waals surface area contributed by atoms with Crippen LogP contribution in [0, 0.1) is 22.7 Å². The van der Waals surface area contributed by atoms with Crippen molar-refractivity contribution in [2.45, 2.75) is 20.0 Å². The molecule has 18 heavy (non-hydrogen) atoms. The Kier molecular flexibility index (Phi) is 4.86. The highest BCUT2D eigenvalue weighted by molar-refractivity contribution is 5.92. The summed E-state index contributed by atoms with van der Waals surface area (Å²) in [4.78, 5) is 11.5. The Labute approximate surface area is 106 Å². The topological polar surface area (TPSA) is 85.9 Å². The number of nitrogens with one attached hydrogen (secondary N) is 1. The van der Waals surface area contributed by atoms with Gasteiger partial charge < -0.3 is 10.1 Å². The van der Waals surface area contributed by atoms with Crippen LogP contribution in [0.25, 0.3) is 0 Å². The molecule has 1 rings (SSSR count). The summed E-state index contributed by atoms with van der Waals surface area (Å²) < 4.78 is 5.15. The Hall–Kier alpha value is -2.37. The fraction of sp³-hybridized carbons (Fsp3) is 0.308. The quantitative estimate of drug-likeness (QED) is 0.873. The lowest BCUT2D eigenvalue weighted by Crippen LogP contribution is -2.20. The van der Waals surface area contributed by atoms with Gasteiger partial charge in [-0.15, -0.1) is 0 Å². The summed E-state index contributed by atoms with van der Waals surface area (Å²) in [7, 11) is 0. The average Bonchev–Trinajstić information content (AvgIpc) is 2.36. The molecule has 0 aliphatic carbocycles. The van der Waals surface area contributed by atoms with Gasteiger partial charge in [-0.2, -0.15) is 10.5 Å². The van der Waals surface area contributed by atoms with E-state index in [1.165, 1.54) is 12.1 Å². The first-order valence-corrected chi connectivity index (χ1v) is 5.42. The highest BCUT2D eigenvalue weighted by atomic mass is 16.5. The number of benzene rings is 1. The average molecular weight is 243 g/mol. The number of amides is 1. The van der Waals surface area contributed by atoms with E-state index in [0.29, 0.717) is 5.69 Å². The Morgan fingerprint density at radius 3 is 2.56 bits per heavy atom. The summed E-state index contributed by atoms with van der Waals surface area (Å²) in [5.41, 5.74) is 0.997. The zero-order valence-corrected chi connectivity index (χ0v) is 10.2. The van der Waals surface area contributed by atoms with Crippen molar-refractivity contribution in [3.63, 3.8) is 0 Å². The lowest BCUT2D eigenvalue weighted by Gasteiger charge is -2.08. The van der Waals surface area contributed by atoms with Crippen molar-refractivity contribution in [2.24, 2.45) is 0 Å². The highest BCUT2D eigenvalue weighted by Crippen LogP contribution is 2.14. The van der Waals surface area contributed by atoms with Crippen molar-refractivity contribution in [3.05, 3.63) is 29.3 Å². The molecule has 0 saturated carbocycles. The molecule has 0 unspecified atom stereocenters. The second kappa shape index (κ2) is 6.39. The van der Waals surface area contributed by atoms with Crippen LogP contribution in [-0.4, -0.2) is 18.6 Å². The summed E-state index contributed by atoms with van der Waals surface area (Å²) in [6, 6.07) is 8.35. The lowest BCUT2D eigenvalue weighted by molar-refractivity contribution is -0.121. The van der Waals surface area contributed by atoms with Gasteiger partial charge in [-0.3, -0.25) is 4.79 Å². The van der Waals surface area contributed by atoms with E-state index in [1.807, 2.05) is 26.0 Å². The van der Waals surface area contributed by atoms with Gasteiger partial charge in [-0.25, -0.2) is 0 Å². The van der Waals surface area contributed by atoms with Crippen molar-refractivity contribution in [1.29, 1.82) is 10.5 Å². The minimum atomic E-state index is -0.294. The van der Waals surface area contributed by atoms with Gasteiger partial charge in [-0.05, 0) is 32.0 Å². The van der Waals surface area contributed by atoms with E-state index in [0.717, 1.165) is 0 Å². The van der Waals surface area contributed by atoms with E-state index in [-0.39, 0.29) is 29.7 Å². The molecule has 0 spiro atoms. The smallest absolute Gasteiger partial charge is 0.250 e. The van der Waals surface area contributed by atoms with Gasteiger partial charge in [0.1, 0.15) is 18.7 Å². The first-order chi connectivity index (χ1) is 8.56. The van der Waals surface area contributed by atoms with Crippen molar-refractivity contribution < 1.29 is 9.53 Å². The molecule has 0 fully saturated rings. The zero-order chi connectivity index (χ0) is 13.5. The predicted molar refractivity (Wildman–Crippen MR) is 65.6 cm³/mol. The normalized spacial score (nSPS) is 9.61. The van der Waals surface area contributed by atoms with Gasteiger partial charge in [-0.1, -0.05) is 0 Å². The SMILES string of the molecule is CC(C)OCC(=O)Nc1ccc(C#N)c(C#N)c1. The van der Waals surface area contributed by atoms with Gasteiger partial charge in [0, 0.05) is 5.69 Å². The number of carbonyl (C=O) groups excluding carboxylic acids is 1. The minimum Gasteiger partial charge on any atom is -0.369 e. The van der Waals surface area contributed by atoms with E-state index in [4.69, 9.17) is 15.3 Å². The van der Waals surface area contributed by atoms with Gasteiger partial charge in [0.2, 0.25) is 5.91 Å². The van der Waals surface area contributed by atoms with Crippen LogP contribution in [0.15, 0.2) is 18.2 Å². The van der Waals surface area contributed by atoms with Crippen molar-refractivity contribution in [2.75, 3.05) is 11.9 Å². The number of nitriles is 2. The van der Waals surface area contributed by atoms with Crippen LogP contribution < -0.4 is 5.32 Å². The van der Waals surface area contributed by atoms with E-state index in [2.05, 4.69) is 5.32 Å². The number of rotatable bonds is 4. The molecule has 0 atom stereocenters. The molecular weight excluding hydrogens is 230 g/mol. The van der Waals surface area contributed by atoms with Crippen LogP contribution >= 0.6 is 0 Å². The monoisotopic (exact) mass is 243 g/mol. The van der Waals surface area contributed by atoms with Crippen LogP contribution in [0.5, 0.6) is 0 Å². The fourth-order valence-corrected chi connectivity index (χ4v) is 1.25. The summed E-state index contributed by atoms with van der Waals surface area (Å²) in [6.07, 6.45) is -0.0219. The summed E-state index contributed by atoms with van der Waals surface area (Å²) >= 11 is 0. The van der Waals surface area contributed by atoms with Gasteiger partial charge >= 0.3 is 0 Å². The maximum absolute atomic E-state index is 11.5. The number of carbonyl (C=O) groups is 1. The number of hydrogen-bond donors (Lipinski definition) is 1. The molecule has 0 aliphatic rings. The second-order valence-electron chi connectivity index (χ2n) is 3.89. The third-order valence-corrected chi connectivity index (χ3v) is 2.09. The standard InChI is InChI=1S/C13H13N3O2/c1-9(2)18-8-13(17)16-12-4-3-10(6-14)11(5-12)7-15/h3-5,9H,8H2,1-2H3,(H,16,17). The van der Waals surface area contributed by atoms with Crippen molar-refractivity contribution in [3.8, 4) is 12.1 Å². The largest absolute Gasteiger partial charge is 0.369 e. The Morgan fingerprint density at radius 2 is 2.00 bits per heavy atom. The van der Waals surface area contributed by atoms with Crippen molar-refractivity contribution in [1.82, 2.24) is 0 Å². The molecule has 0 heterocycles. The Balaban J connectivity index is 2.72. The van der Waals surface area contributed by atoms with Gasteiger partial charge in [0.15, 0.2) is 0 Å². The number of ether oxygens (including phenoxy) is 1. The molecular formula is C13H13N3O2. The maximum atomic E-state index is 11.5. The van der Waals surface area contributed by atoms with Crippen LogP contribution in [0.3, 0.4) is 0 Å². The number of anilines is 1. The molecule has 1 amide bonds. The van der Waals surface area contributed by atoms with Crippen LogP contribution in [0.2, 0.25) is 0 Å². The first-order valence-electron chi connectivity index (χ1n) is 5.42. The number of hydrogen-bond acceptors (Lipinski definition) is 4. The molecule has 1 aromatic carbocycles. The molecule has 1 N–H and O–H groups in total. The molecule has 0 radical (unpaired) electrons. The second-order valence-corrected chi connectivity index (χ2v) is 3.89. The summed E-state index contributed by atoms with van der Waals surface area (Å²) in [5.74, 6) is -0.294. The molecule has 0 aromatic heterocycles. The molecule has 5 heteroatoms. The lowest BCUT2D eigenvalue weighted by atomic mass is 10.1. The molecule has 0 aliphatic heterocycles. The van der Waals surface area contributed by atoms with Crippen molar-refractivity contribution >= 4 is 11.6 Å². The van der Waals surface area contributed by atoms with E-state index >= 15 is 0 Å². The van der Waals surface area contributed by atoms with Crippen LogP contribution in [-0.2, 0) is 9.53 Å². The van der Waals surface area contributed by atoms with Gasteiger partial charge in [0.25, 0.3) is 0 Å². The van der Waals surface area contributed by atoms with E-state index in [1.54, 1.807) is 6.07 Å². The first kappa shape index (κ1) is 13.7. The highest BCUT2D eigenvalue weighted by Gasteiger charge is 2.07. The predicted octanol–water partition coefficient (Wildman–Crippen LogP) is 1.79. The Bertz CT molecular complexity index is 524. The minimum absolute atomic E-state index is 0.0219. The summed E-state index contributed by atoms with van der Waals surface area (Å²) in [5, 5.41) is 20.2. The Morgan fingerprint density at radius 1 is 1.33 bits per heavy atom. The fourth-order valence-electron chi connectivity index (χ4n) is 1.25. The third kappa shape index (κ3) is 3.89. The summed E-state index contributed by atoms with van der Waals surface area (Å²) in [6.45, 7) is 3.63.